The van der Waals surface area contributed by atoms with E-state index in [4.69, 9.17) is 9.47 Å². The van der Waals surface area contributed by atoms with Crippen molar-refractivity contribution in [2.24, 2.45) is 5.92 Å². The van der Waals surface area contributed by atoms with E-state index in [1.54, 1.807) is 0 Å². The highest BCUT2D eigenvalue weighted by atomic mass is 16.6. The maximum absolute atomic E-state index is 13.3. The van der Waals surface area contributed by atoms with Crippen LogP contribution in [0.4, 0.5) is 4.79 Å². The van der Waals surface area contributed by atoms with Crippen molar-refractivity contribution >= 4 is 12.0 Å². The average molecular weight is 444 g/mol. The quantitative estimate of drug-likeness (QED) is 0.421. The normalized spacial score (nSPS) is 16.5. The van der Waals surface area contributed by atoms with Gasteiger partial charge in [0.15, 0.2) is 0 Å². The molecule has 0 radical (unpaired) electrons. The molecule has 2 atom stereocenters. The minimum Gasteiger partial charge on any atom is -0.489 e. The second kappa shape index (κ2) is 10.3. The van der Waals surface area contributed by atoms with E-state index in [1.165, 1.54) is 4.90 Å². The predicted molar refractivity (Wildman–Crippen MR) is 127 cm³/mol. The number of hydrogen-bond donors (Lipinski definition) is 0. The number of ether oxygens (including phenoxy) is 2. The van der Waals surface area contributed by atoms with E-state index in [2.05, 4.69) is 13.8 Å². The molecule has 0 unspecified atom stereocenters. The highest BCUT2D eigenvalue weighted by Crippen LogP contribution is 2.34. The van der Waals surface area contributed by atoms with Crippen LogP contribution in [-0.4, -0.2) is 23.5 Å². The average Bonchev–Trinajstić information content (AvgIpc) is 3.24. The van der Waals surface area contributed by atoms with Crippen LogP contribution in [0, 0.1) is 5.92 Å². The van der Waals surface area contributed by atoms with Crippen LogP contribution in [0.3, 0.4) is 0 Å². The molecule has 1 fully saturated rings. The zero-order valence-electron chi connectivity index (χ0n) is 19.0. The van der Waals surface area contributed by atoms with Gasteiger partial charge in [0.25, 0.3) is 0 Å². The Morgan fingerprint density at radius 3 is 2.24 bits per heavy atom. The molecule has 5 heteroatoms. The van der Waals surface area contributed by atoms with Crippen molar-refractivity contribution in [2.45, 2.75) is 38.8 Å². The van der Waals surface area contributed by atoms with Gasteiger partial charge in [0.1, 0.15) is 25.0 Å². The standard InChI is InChI=1S/C28H29NO4/c1-20(2)25(22-13-15-24(16-14-22)32-18-21-9-5-3-6-10-21)17-27(30)29-26(19-33-28(29)31)23-11-7-4-8-12-23/h3-16,20,25-26H,17-19H2,1-2H3/t25-,26-/m1/s1. The molecule has 1 heterocycles. The number of carbonyl (C=O) groups excluding carboxylic acids is 2. The molecular formula is C28H29NO4. The van der Waals surface area contributed by atoms with E-state index in [0.29, 0.717) is 6.61 Å². The van der Waals surface area contributed by atoms with Crippen LogP contribution in [0.2, 0.25) is 0 Å². The van der Waals surface area contributed by atoms with Gasteiger partial charge >= 0.3 is 6.09 Å². The van der Waals surface area contributed by atoms with Crippen LogP contribution < -0.4 is 4.74 Å². The van der Waals surface area contributed by atoms with Gasteiger partial charge in [-0.2, -0.15) is 0 Å². The van der Waals surface area contributed by atoms with Gasteiger partial charge in [-0.1, -0.05) is 86.6 Å². The highest BCUT2D eigenvalue weighted by Gasteiger charge is 2.39. The maximum atomic E-state index is 13.3. The Morgan fingerprint density at radius 1 is 0.970 bits per heavy atom. The highest BCUT2D eigenvalue weighted by molar-refractivity contribution is 5.94. The third-order valence-electron chi connectivity index (χ3n) is 6.08. The SMILES string of the molecule is CC(C)[C@@H](CC(=O)N1C(=O)OC[C@@H]1c1ccccc1)c1ccc(OCc2ccccc2)cc1. The molecule has 0 aliphatic carbocycles. The Morgan fingerprint density at radius 2 is 1.61 bits per heavy atom. The number of carbonyl (C=O) groups is 2. The van der Waals surface area contributed by atoms with Crippen molar-refractivity contribution in [3.63, 3.8) is 0 Å². The first-order valence-electron chi connectivity index (χ1n) is 11.3. The molecule has 33 heavy (non-hydrogen) atoms. The topological polar surface area (TPSA) is 55.8 Å². The molecule has 0 spiro atoms. The fourth-order valence-corrected chi connectivity index (χ4v) is 4.19. The summed E-state index contributed by atoms with van der Waals surface area (Å²) < 4.78 is 11.1. The summed E-state index contributed by atoms with van der Waals surface area (Å²) >= 11 is 0. The van der Waals surface area contributed by atoms with E-state index in [9.17, 15) is 9.59 Å². The van der Waals surface area contributed by atoms with Crippen molar-refractivity contribution in [3.8, 4) is 5.75 Å². The van der Waals surface area contributed by atoms with Gasteiger partial charge in [-0.25, -0.2) is 9.69 Å². The smallest absolute Gasteiger partial charge is 0.417 e. The first-order valence-corrected chi connectivity index (χ1v) is 11.3. The molecular weight excluding hydrogens is 414 g/mol. The van der Waals surface area contributed by atoms with Crippen LogP contribution in [-0.2, 0) is 16.1 Å². The number of imide groups is 1. The fraction of sp³-hybridized carbons (Fsp3) is 0.286. The van der Waals surface area contributed by atoms with Gasteiger partial charge in [0, 0.05) is 6.42 Å². The van der Waals surface area contributed by atoms with Crippen LogP contribution in [0.1, 0.15) is 48.9 Å². The summed E-state index contributed by atoms with van der Waals surface area (Å²) in [7, 11) is 0. The summed E-state index contributed by atoms with van der Waals surface area (Å²) in [6.45, 7) is 4.88. The molecule has 2 amide bonds. The first-order chi connectivity index (χ1) is 16.0. The molecule has 3 aromatic rings. The Kier molecular flexibility index (Phi) is 7.08. The lowest BCUT2D eigenvalue weighted by Crippen LogP contribution is -2.35. The van der Waals surface area contributed by atoms with E-state index in [1.807, 2.05) is 84.9 Å². The van der Waals surface area contributed by atoms with Crippen molar-refractivity contribution in [3.05, 3.63) is 102 Å². The summed E-state index contributed by atoms with van der Waals surface area (Å²) in [5.74, 6) is 0.766. The van der Waals surface area contributed by atoms with Crippen molar-refractivity contribution in [2.75, 3.05) is 6.61 Å². The van der Waals surface area contributed by atoms with Crippen LogP contribution in [0.5, 0.6) is 5.75 Å². The Bertz CT molecular complexity index is 1060. The molecule has 3 aromatic carbocycles. The van der Waals surface area contributed by atoms with Crippen LogP contribution in [0.15, 0.2) is 84.9 Å². The van der Waals surface area contributed by atoms with Crippen molar-refractivity contribution in [1.29, 1.82) is 0 Å². The minimum absolute atomic E-state index is 0.0227. The third kappa shape index (κ3) is 5.43. The van der Waals surface area contributed by atoms with Gasteiger partial charge < -0.3 is 9.47 Å². The van der Waals surface area contributed by atoms with Gasteiger partial charge in [0.2, 0.25) is 5.91 Å². The third-order valence-corrected chi connectivity index (χ3v) is 6.08. The number of nitrogens with zero attached hydrogens (tertiary/aromatic N) is 1. The van der Waals surface area contributed by atoms with Gasteiger partial charge in [0.05, 0.1) is 0 Å². The number of amides is 2. The zero-order chi connectivity index (χ0) is 23.2. The molecule has 170 valence electrons. The molecule has 0 bridgehead atoms. The van der Waals surface area contributed by atoms with E-state index in [-0.39, 0.29) is 36.8 Å². The van der Waals surface area contributed by atoms with Crippen molar-refractivity contribution in [1.82, 2.24) is 4.90 Å². The maximum Gasteiger partial charge on any atom is 0.417 e. The van der Waals surface area contributed by atoms with E-state index < -0.39 is 6.09 Å². The summed E-state index contributed by atoms with van der Waals surface area (Å²) in [5.41, 5.74) is 3.06. The number of cyclic esters (lactones) is 1. The first kappa shape index (κ1) is 22.6. The molecule has 0 aromatic heterocycles. The lowest BCUT2D eigenvalue weighted by atomic mass is 9.85. The van der Waals surface area contributed by atoms with Crippen LogP contribution >= 0.6 is 0 Å². The van der Waals surface area contributed by atoms with Crippen LogP contribution in [0.25, 0.3) is 0 Å². The number of rotatable bonds is 8. The molecule has 1 saturated heterocycles. The second-order valence-corrected chi connectivity index (χ2v) is 8.67. The lowest BCUT2D eigenvalue weighted by Gasteiger charge is -2.25. The molecule has 5 nitrogen and oxygen atoms in total. The van der Waals surface area contributed by atoms with E-state index >= 15 is 0 Å². The van der Waals surface area contributed by atoms with Gasteiger partial charge in [-0.05, 0) is 40.7 Å². The Hall–Kier alpha value is -3.60. The number of benzene rings is 3. The largest absolute Gasteiger partial charge is 0.489 e. The molecule has 0 saturated carbocycles. The zero-order valence-corrected chi connectivity index (χ0v) is 19.0. The summed E-state index contributed by atoms with van der Waals surface area (Å²) in [6, 6.07) is 27.1. The Balaban J connectivity index is 1.44. The second-order valence-electron chi connectivity index (χ2n) is 8.67. The summed E-state index contributed by atoms with van der Waals surface area (Å²) in [6.07, 6.45) is -0.332. The number of hydrogen-bond acceptors (Lipinski definition) is 4. The predicted octanol–water partition coefficient (Wildman–Crippen LogP) is 6.12. The molecule has 0 N–H and O–H groups in total. The van der Waals surface area contributed by atoms with Crippen molar-refractivity contribution < 1.29 is 19.1 Å². The summed E-state index contributed by atoms with van der Waals surface area (Å²) in [4.78, 5) is 26.9. The summed E-state index contributed by atoms with van der Waals surface area (Å²) in [5, 5.41) is 0. The fourth-order valence-electron chi connectivity index (χ4n) is 4.19. The minimum atomic E-state index is -0.569. The molecule has 1 aliphatic rings. The monoisotopic (exact) mass is 443 g/mol. The van der Waals surface area contributed by atoms with Gasteiger partial charge in [-0.15, -0.1) is 0 Å². The lowest BCUT2D eigenvalue weighted by molar-refractivity contribution is -0.130. The molecule has 1 aliphatic heterocycles. The van der Waals surface area contributed by atoms with E-state index in [0.717, 1.165) is 22.4 Å². The van der Waals surface area contributed by atoms with Gasteiger partial charge in [-0.3, -0.25) is 4.79 Å². The molecule has 4 rings (SSSR count). The Labute approximate surface area is 194 Å².